The van der Waals surface area contributed by atoms with Gasteiger partial charge in [-0.3, -0.25) is 4.79 Å². The summed E-state index contributed by atoms with van der Waals surface area (Å²) in [6, 6.07) is 8.32. The molecule has 0 bridgehead atoms. The summed E-state index contributed by atoms with van der Waals surface area (Å²) in [5.74, 6) is 0.972. The Balaban J connectivity index is 1.66. The molecule has 1 saturated carbocycles. The fraction of sp³-hybridized carbons (Fsp3) is 0.588. The van der Waals surface area contributed by atoms with Crippen LogP contribution in [0.3, 0.4) is 0 Å². The van der Waals surface area contributed by atoms with Crippen LogP contribution >= 0.6 is 0 Å². The molecule has 2 rings (SSSR count). The zero-order valence-electron chi connectivity index (χ0n) is 12.2. The molecule has 3 N–H and O–H groups in total. The number of carbonyl (C=O) groups excluding carboxylic acids is 1. The van der Waals surface area contributed by atoms with Gasteiger partial charge in [0.1, 0.15) is 0 Å². The number of hydrogen-bond donors (Lipinski definition) is 2. The second-order valence-corrected chi connectivity index (χ2v) is 5.82. The molecule has 1 aliphatic carbocycles. The predicted octanol–water partition coefficient (Wildman–Crippen LogP) is 2.77. The number of nitrogens with two attached hydrogens (primary N) is 1. The Bertz CT molecular complexity index is 408. The summed E-state index contributed by atoms with van der Waals surface area (Å²) in [7, 11) is 0. The maximum absolute atomic E-state index is 11.8. The molecule has 20 heavy (non-hydrogen) atoms. The van der Waals surface area contributed by atoms with E-state index in [1.165, 1.54) is 31.2 Å². The zero-order valence-corrected chi connectivity index (χ0v) is 12.2. The second kappa shape index (κ2) is 8.05. The maximum atomic E-state index is 11.8. The summed E-state index contributed by atoms with van der Waals surface area (Å²) in [4.78, 5) is 11.8. The molecule has 1 aromatic carbocycles. The lowest BCUT2D eigenvalue weighted by molar-refractivity contribution is -0.121. The Morgan fingerprint density at radius 2 is 1.80 bits per heavy atom. The SMILES string of the molecule is NCCc1ccc(CNC(=O)CCC2CCCC2)cc1. The molecule has 1 amide bonds. The van der Waals surface area contributed by atoms with Gasteiger partial charge in [0.2, 0.25) is 5.91 Å². The van der Waals surface area contributed by atoms with E-state index in [0.717, 1.165) is 24.3 Å². The predicted molar refractivity (Wildman–Crippen MR) is 82.2 cm³/mol. The smallest absolute Gasteiger partial charge is 0.220 e. The van der Waals surface area contributed by atoms with Crippen molar-refractivity contribution in [1.29, 1.82) is 0 Å². The molecule has 0 radical (unpaired) electrons. The van der Waals surface area contributed by atoms with Gasteiger partial charge in [-0.2, -0.15) is 0 Å². The number of amides is 1. The molecule has 110 valence electrons. The molecule has 0 heterocycles. The van der Waals surface area contributed by atoms with Crippen LogP contribution in [0, 0.1) is 5.92 Å². The Hall–Kier alpha value is -1.35. The van der Waals surface area contributed by atoms with Gasteiger partial charge in [0, 0.05) is 13.0 Å². The van der Waals surface area contributed by atoms with E-state index in [1.807, 2.05) is 0 Å². The first-order valence-corrected chi connectivity index (χ1v) is 7.82. The highest BCUT2D eigenvalue weighted by Gasteiger charge is 2.15. The fourth-order valence-corrected chi connectivity index (χ4v) is 2.91. The van der Waals surface area contributed by atoms with Crippen LogP contribution < -0.4 is 11.1 Å². The highest BCUT2D eigenvalue weighted by molar-refractivity contribution is 5.75. The molecule has 3 heteroatoms. The second-order valence-electron chi connectivity index (χ2n) is 5.82. The largest absolute Gasteiger partial charge is 0.352 e. The highest BCUT2D eigenvalue weighted by Crippen LogP contribution is 2.28. The van der Waals surface area contributed by atoms with E-state index in [4.69, 9.17) is 5.73 Å². The summed E-state index contributed by atoms with van der Waals surface area (Å²) in [6.45, 7) is 1.31. The van der Waals surface area contributed by atoms with Crippen molar-refractivity contribution in [3.05, 3.63) is 35.4 Å². The van der Waals surface area contributed by atoms with Crippen LogP contribution in [0.15, 0.2) is 24.3 Å². The average molecular weight is 274 g/mol. The molecular weight excluding hydrogens is 248 g/mol. The highest BCUT2D eigenvalue weighted by atomic mass is 16.1. The number of carbonyl (C=O) groups is 1. The van der Waals surface area contributed by atoms with E-state index in [1.54, 1.807) is 0 Å². The third kappa shape index (κ3) is 4.97. The molecular formula is C17H26N2O. The van der Waals surface area contributed by atoms with Gasteiger partial charge in [0.05, 0.1) is 0 Å². The summed E-state index contributed by atoms with van der Waals surface area (Å²) < 4.78 is 0. The summed E-state index contributed by atoms with van der Waals surface area (Å²) in [5, 5.41) is 3.01. The van der Waals surface area contributed by atoms with Crippen LogP contribution in [-0.2, 0) is 17.8 Å². The molecule has 0 unspecified atom stereocenters. The monoisotopic (exact) mass is 274 g/mol. The lowest BCUT2D eigenvalue weighted by Gasteiger charge is -2.09. The average Bonchev–Trinajstić information content (AvgIpc) is 2.98. The van der Waals surface area contributed by atoms with Crippen molar-refractivity contribution in [2.24, 2.45) is 11.7 Å². The van der Waals surface area contributed by atoms with Gasteiger partial charge in [-0.15, -0.1) is 0 Å². The Labute approximate surface area is 121 Å². The lowest BCUT2D eigenvalue weighted by Crippen LogP contribution is -2.23. The van der Waals surface area contributed by atoms with Crippen molar-refractivity contribution in [2.75, 3.05) is 6.54 Å². The number of nitrogens with one attached hydrogen (secondary N) is 1. The van der Waals surface area contributed by atoms with E-state index >= 15 is 0 Å². The minimum absolute atomic E-state index is 0.183. The summed E-state index contributed by atoms with van der Waals surface area (Å²) in [6.07, 6.45) is 7.97. The van der Waals surface area contributed by atoms with Crippen molar-refractivity contribution in [3.8, 4) is 0 Å². The normalized spacial score (nSPS) is 15.4. The molecule has 0 spiro atoms. The minimum Gasteiger partial charge on any atom is -0.352 e. The van der Waals surface area contributed by atoms with Gasteiger partial charge in [0.25, 0.3) is 0 Å². The van der Waals surface area contributed by atoms with Crippen molar-refractivity contribution in [2.45, 2.75) is 51.5 Å². The zero-order chi connectivity index (χ0) is 14.2. The van der Waals surface area contributed by atoms with Gasteiger partial charge < -0.3 is 11.1 Å². The van der Waals surface area contributed by atoms with Crippen molar-refractivity contribution in [3.63, 3.8) is 0 Å². The number of benzene rings is 1. The lowest BCUT2D eigenvalue weighted by atomic mass is 10.0. The third-order valence-electron chi connectivity index (χ3n) is 4.20. The first-order chi connectivity index (χ1) is 9.78. The molecule has 1 fully saturated rings. The first kappa shape index (κ1) is 15.0. The Morgan fingerprint density at radius 3 is 2.45 bits per heavy atom. The number of hydrogen-bond acceptors (Lipinski definition) is 2. The minimum atomic E-state index is 0.183. The Morgan fingerprint density at radius 1 is 1.15 bits per heavy atom. The van der Waals surface area contributed by atoms with E-state index in [9.17, 15) is 4.79 Å². The maximum Gasteiger partial charge on any atom is 0.220 e. The van der Waals surface area contributed by atoms with Crippen LogP contribution in [-0.4, -0.2) is 12.5 Å². The van der Waals surface area contributed by atoms with Gasteiger partial charge >= 0.3 is 0 Å². The van der Waals surface area contributed by atoms with E-state index in [2.05, 4.69) is 29.6 Å². The third-order valence-corrected chi connectivity index (χ3v) is 4.20. The van der Waals surface area contributed by atoms with Crippen LogP contribution in [0.4, 0.5) is 0 Å². The van der Waals surface area contributed by atoms with Crippen LogP contribution in [0.25, 0.3) is 0 Å². The Kier molecular flexibility index (Phi) is 6.06. The van der Waals surface area contributed by atoms with Crippen LogP contribution in [0.2, 0.25) is 0 Å². The topological polar surface area (TPSA) is 55.1 Å². The molecule has 0 aliphatic heterocycles. The van der Waals surface area contributed by atoms with Crippen LogP contribution in [0.5, 0.6) is 0 Å². The summed E-state index contributed by atoms with van der Waals surface area (Å²) >= 11 is 0. The summed E-state index contributed by atoms with van der Waals surface area (Å²) in [5.41, 5.74) is 7.93. The van der Waals surface area contributed by atoms with Gasteiger partial charge in [0.15, 0.2) is 0 Å². The molecule has 3 nitrogen and oxygen atoms in total. The first-order valence-electron chi connectivity index (χ1n) is 7.82. The quantitative estimate of drug-likeness (QED) is 0.803. The molecule has 0 aromatic heterocycles. The number of rotatable bonds is 7. The van der Waals surface area contributed by atoms with Crippen molar-refractivity contribution >= 4 is 5.91 Å². The van der Waals surface area contributed by atoms with Gasteiger partial charge in [-0.05, 0) is 36.4 Å². The van der Waals surface area contributed by atoms with E-state index in [-0.39, 0.29) is 5.91 Å². The molecule has 0 atom stereocenters. The van der Waals surface area contributed by atoms with E-state index in [0.29, 0.717) is 19.5 Å². The fourth-order valence-electron chi connectivity index (χ4n) is 2.91. The molecule has 1 aromatic rings. The van der Waals surface area contributed by atoms with E-state index < -0.39 is 0 Å². The van der Waals surface area contributed by atoms with Gasteiger partial charge in [-0.1, -0.05) is 49.9 Å². The van der Waals surface area contributed by atoms with Crippen molar-refractivity contribution in [1.82, 2.24) is 5.32 Å². The van der Waals surface area contributed by atoms with Crippen LogP contribution in [0.1, 0.15) is 49.7 Å². The standard InChI is InChI=1S/C17H26N2O/c18-12-11-15-5-7-16(8-6-15)13-19-17(20)10-9-14-3-1-2-4-14/h5-8,14H,1-4,9-13,18H2,(H,19,20). The van der Waals surface area contributed by atoms with Gasteiger partial charge in [-0.25, -0.2) is 0 Å². The molecule has 1 aliphatic rings. The molecule has 0 saturated heterocycles. The van der Waals surface area contributed by atoms with Crippen molar-refractivity contribution < 1.29 is 4.79 Å².